The van der Waals surface area contributed by atoms with Gasteiger partial charge in [-0.15, -0.1) is 0 Å². The Labute approximate surface area is 109 Å². The molecule has 0 radical (unpaired) electrons. The first kappa shape index (κ1) is 13.5. The van der Waals surface area contributed by atoms with Gasteiger partial charge in [0, 0.05) is 19.2 Å². The van der Waals surface area contributed by atoms with E-state index in [2.05, 4.69) is 5.16 Å². The second-order valence-corrected chi connectivity index (χ2v) is 3.96. The molecule has 0 spiro atoms. The van der Waals surface area contributed by atoms with Gasteiger partial charge in [0.15, 0.2) is 5.76 Å². The van der Waals surface area contributed by atoms with Crippen LogP contribution in [0, 0.1) is 5.82 Å². The minimum atomic E-state index is -0.457. The third kappa shape index (κ3) is 3.77. The van der Waals surface area contributed by atoms with Crippen LogP contribution in [0.3, 0.4) is 0 Å². The van der Waals surface area contributed by atoms with Crippen LogP contribution >= 0.6 is 0 Å². The highest BCUT2D eigenvalue weighted by atomic mass is 19.1. The van der Waals surface area contributed by atoms with Crippen LogP contribution in [0.15, 0.2) is 28.8 Å². The standard InChI is InChI=1S/C13H14FNO4/c1-17-8-13-5-11(15-19-13)7-18-12-3-9(6-16)2-10(14)4-12/h2-5,16H,6-8H2,1H3. The van der Waals surface area contributed by atoms with Crippen molar-refractivity contribution in [2.24, 2.45) is 0 Å². The van der Waals surface area contributed by atoms with Crippen LogP contribution in [0.1, 0.15) is 17.0 Å². The van der Waals surface area contributed by atoms with Crippen molar-refractivity contribution in [2.45, 2.75) is 19.8 Å². The fourth-order valence-electron chi connectivity index (χ4n) is 1.59. The molecule has 102 valence electrons. The minimum Gasteiger partial charge on any atom is -0.487 e. The topological polar surface area (TPSA) is 64.7 Å². The Morgan fingerprint density at radius 3 is 2.84 bits per heavy atom. The summed E-state index contributed by atoms with van der Waals surface area (Å²) in [5, 5.41) is 12.8. The highest BCUT2D eigenvalue weighted by Crippen LogP contribution is 2.18. The fourth-order valence-corrected chi connectivity index (χ4v) is 1.59. The predicted molar refractivity (Wildman–Crippen MR) is 63.9 cm³/mol. The number of aliphatic hydroxyl groups is 1. The predicted octanol–water partition coefficient (Wildman–Crippen LogP) is 2.03. The summed E-state index contributed by atoms with van der Waals surface area (Å²) in [5.41, 5.74) is 1.04. The number of rotatable bonds is 6. The quantitative estimate of drug-likeness (QED) is 0.867. The lowest BCUT2D eigenvalue weighted by atomic mass is 10.2. The molecular weight excluding hydrogens is 253 g/mol. The lowest BCUT2D eigenvalue weighted by Gasteiger charge is -2.05. The maximum atomic E-state index is 13.2. The van der Waals surface area contributed by atoms with Crippen LogP contribution < -0.4 is 4.74 Å². The van der Waals surface area contributed by atoms with Crippen molar-refractivity contribution >= 4 is 0 Å². The monoisotopic (exact) mass is 267 g/mol. The van der Waals surface area contributed by atoms with Crippen molar-refractivity contribution in [1.82, 2.24) is 5.16 Å². The molecule has 1 aromatic carbocycles. The van der Waals surface area contributed by atoms with Crippen LogP contribution in [0.25, 0.3) is 0 Å². The van der Waals surface area contributed by atoms with Crippen molar-refractivity contribution in [2.75, 3.05) is 7.11 Å². The molecule has 6 heteroatoms. The molecule has 1 N–H and O–H groups in total. The Balaban J connectivity index is 1.99. The summed E-state index contributed by atoms with van der Waals surface area (Å²) in [7, 11) is 1.56. The third-order valence-corrected chi connectivity index (χ3v) is 2.39. The first-order valence-corrected chi connectivity index (χ1v) is 5.68. The lowest BCUT2D eigenvalue weighted by molar-refractivity contribution is 0.155. The van der Waals surface area contributed by atoms with Gasteiger partial charge in [-0.1, -0.05) is 5.16 Å². The Morgan fingerprint density at radius 2 is 2.11 bits per heavy atom. The first-order valence-electron chi connectivity index (χ1n) is 5.68. The van der Waals surface area contributed by atoms with E-state index in [1.54, 1.807) is 19.2 Å². The number of halogens is 1. The fraction of sp³-hybridized carbons (Fsp3) is 0.308. The largest absolute Gasteiger partial charge is 0.487 e. The summed E-state index contributed by atoms with van der Waals surface area (Å²) in [5.74, 6) is 0.471. The SMILES string of the molecule is COCc1cc(COc2cc(F)cc(CO)c2)no1. The van der Waals surface area contributed by atoms with Gasteiger partial charge in [-0.25, -0.2) is 4.39 Å². The molecule has 5 nitrogen and oxygen atoms in total. The van der Waals surface area contributed by atoms with Crippen molar-refractivity contribution in [3.05, 3.63) is 47.1 Å². The highest BCUT2D eigenvalue weighted by molar-refractivity contribution is 5.29. The maximum absolute atomic E-state index is 13.2. The number of hydrogen-bond donors (Lipinski definition) is 1. The van der Waals surface area contributed by atoms with Crippen LogP contribution in [-0.2, 0) is 24.6 Å². The Bertz CT molecular complexity index is 541. The van der Waals surface area contributed by atoms with Crippen LogP contribution in [0.2, 0.25) is 0 Å². The summed E-state index contributed by atoms with van der Waals surface area (Å²) in [6.07, 6.45) is 0. The molecule has 0 aliphatic rings. The number of aromatic nitrogens is 1. The lowest BCUT2D eigenvalue weighted by Crippen LogP contribution is -1.97. The van der Waals surface area contributed by atoms with Gasteiger partial charge in [0.1, 0.15) is 30.5 Å². The summed E-state index contributed by atoms with van der Waals surface area (Å²) >= 11 is 0. The molecule has 0 aliphatic heterocycles. The number of nitrogens with zero attached hydrogens (tertiary/aromatic N) is 1. The van der Waals surface area contributed by atoms with Gasteiger partial charge in [0.25, 0.3) is 0 Å². The summed E-state index contributed by atoms with van der Waals surface area (Å²) in [6, 6.07) is 5.77. The molecule has 0 saturated heterocycles. The van der Waals surface area contributed by atoms with Gasteiger partial charge in [-0.05, 0) is 17.7 Å². The van der Waals surface area contributed by atoms with Gasteiger partial charge in [-0.3, -0.25) is 0 Å². The number of hydrogen-bond acceptors (Lipinski definition) is 5. The van der Waals surface area contributed by atoms with Crippen molar-refractivity contribution in [1.29, 1.82) is 0 Å². The molecule has 2 rings (SSSR count). The van der Waals surface area contributed by atoms with Crippen LogP contribution in [0.4, 0.5) is 4.39 Å². The van der Waals surface area contributed by atoms with E-state index in [4.69, 9.17) is 19.1 Å². The molecule has 0 unspecified atom stereocenters. The molecular formula is C13H14FNO4. The van der Waals surface area contributed by atoms with E-state index in [9.17, 15) is 4.39 Å². The van der Waals surface area contributed by atoms with Crippen LogP contribution in [-0.4, -0.2) is 17.4 Å². The van der Waals surface area contributed by atoms with Gasteiger partial charge in [0.05, 0.1) is 6.61 Å². The average Bonchev–Trinajstić information content (AvgIpc) is 2.84. The molecule has 1 heterocycles. The molecule has 0 fully saturated rings. The first-order chi connectivity index (χ1) is 9.21. The molecule has 2 aromatic rings. The van der Waals surface area contributed by atoms with Gasteiger partial charge < -0.3 is 19.1 Å². The normalized spacial score (nSPS) is 10.7. The van der Waals surface area contributed by atoms with Gasteiger partial charge in [-0.2, -0.15) is 0 Å². The Morgan fingerprint density at radius 1 is 1.26 bits per heavy atom. The average molecular weight is 267 g/mol. The smallest absolute Gasteiger partial charge is 0.162 e. The summed E-state index contributed by atoms with van der Waals surface area (Å²) < 4.78 is 28.5. The van der Waals surface area contributed by atoms with Crippen molar-refractivity contribution < 1.29 is 23.5 Å². The molecule has 0 saturated carbocycles. The van der Waals surface area contributed by atoms with Crippen molar-refractivity contribution in [3.63, 3.8) is 0 Å². The minimum absolute atomic E-state index is 0.154. The molecule has 19 heavy (non-hydrogen) atoms. The molecule has 0 bridgehead atoms. The zero-order valence-corrected chi connectivity index (χ0v) is 10.4. The zero-order valence-electron chi connectivity index (χ0n) is 10.4. The van der Waals surface area contributed by atoms with E-state index in [1.165, 1.54) is 12.1 Å². The number of ether oxygens (including phenoxy) is 2. The zero-order chi connectivity index (χ0) is 13.7. The molecule has 0 aliphatic carbocycles. The Kier molecular flexibility index (Phi) is 4.48. The Hall–Kier alpha value is -1.92. The second-order valence-electron chi connectivity index (χ2n) is 3.96. The number of benzene rings is 1. The van der Waals surface area contributed by atoms with E-state index in [1.807, 2.05) is 0 Å². The van der Waals surface area contributed by atoms with Gasteiger partial charge in [0.2, 0.25) is 0 Å². The highest BCUT2D eigenvalue weighted by Gasteiger charge is 2.06. The van der Waals surface area contributed by atoms with Gasteiger partial charge >= 0.3 is 0 Å². The number of methoxy groups -OCH3 is 1. The summed E-state index contributed by atoms with van der Waals surface area (Å²) in [6.45, 7) is 0.249. The second kappa shape index (κ2) is 6.31. The van der Waals surface area contributed by atoms with Crippen molar-refractivity contribution in [3.8, 4) is 5.75 Å². The molecule has 0 amide bonds. The van der Waals surface area contributed by atoms with E-state index in [0.717, 1.165) is 0 Å². The molecule has 0 atom stereocenters. The number of aliphatic hydroxyl groups excluding tert-OH is 1. The maximum Gasteiger partial charge on any atom is 0.162 e. The van der Waals surface area contributed by atoms with Crippen LogP contribution in [0.5, 0.6) is 5.75 Å². The van der Waals surface area contributed by atoms with E-state index < -0.39 is 5.82 Å². The van der Waals surface area contributed by atoms with E-state index >= 15 is 0 Å². The molecule has 1 aromatic heterocycles. The van der Waals surface area contributed by atoms with E-state index in [-0.39, 0.29) is 13.2 Å². The summed E-state index contributed by atoms with van der Waals surface area (Å²) in [4.78, 5) is 0. The third-order valence-electron chi connectivity index (χ3n) is 2.39. The van der Waals surface area contributed by atoms with E-state index in [0.29, 0.717) is 29.4 Å².